The number of likely N-dealkylation sites (tertiary alicyclic amines) is 1. The number of nitrogens with zero attached hydrogens (tertiary/aromatic N) is 2. The van der Waals surface area contributed by atoms with Crippen LogP contribution in [0.4, 0.5) is 0 Å². The van der Waals surface area contributed by atoms with Gasteiger partial charge in [0.25, 0.3) is 0 Å². The Labute approximate surface area is 140 Å². The quantitative estimate of drug-likeness (QED) is 0.929. The summed E-state index contributed by atoms with van der Waals surface area (Å²) in [6, 6.07) is 12.8. The predicted octanol–water partition coefficient (Wildman–Crippen LogP) is 3.68. The number of pyridine rings is 1. The van der Waals surface area contributed by atoms with Gasteiger partial charge in [0.1, 0.15) is 6.04 Å². The number of halogens is 1. The normalized spacial score (nSPS) is 19.7. The minimum absolute atomic E-state index is 0.171. The molecule has 4 nitrogen and oxygen atoms in total. The number of rotatable bonds is 4. The van der Waals surface area contributed by atoms with Crippen LogP contribution in [0.1, 0.15) is 35.8 Å². The Morgan fingerprint density at radius 2 is 2.04 bits per heavy atom. The number of hydrogen-bond donors (Lipinski definition) is 1. The van der Waals surface area contributed by atoms with Crippen molar-refractivity contribution in [1.82, 2.24) is 9.88 Å². The van der Waals surface area contributed by atoms with Crippen molar-refractivity contribution in [2.45, 2.75) is 31.8 Å². The molecule has 2 heterocycles. The molecule has 3 rings (SSSR count). The molecule has 2 aromatic rings. The fraction of sp³-hybridized carbons (Fsp3) is 0.333. The van der Waals surface area contributed by atoms with Gasteiger partial charge in [0, 0.05) is 17.3 Å². The largest absolute Gasteiger partial charge is 0.480 e. The maximum atomic E-state index is 11.6. The summed E-state index contributed by atoms with van der Waals surface area (Å²) in [6.45, 7) is 2.70. The van der Waals surface area contributed by atoms with Crippen molar-refractivity contribution in [3.63, 3.8) is 0 Å². The van der Waals surface area contributed by atoms with Crippen LogP contribution in [0, 0.1) is 6.92 Å². The lowest BCUT2D eigenvalue weighted by Crippen LogP contribution is -2.39. The molecule has 5 heteroatoms. The second kappa shape index (κ2) is 6.69. The molecule has 2 unspecified atom stereocenters. The van der Waals surface area contributed by atoms with Crippen LogP contribution >= 0.6 is 11.6 Å². The van der Waals surface area contributed by atoms with Crippen LogP contribution in [0.15, 0.2) is 42.5 Å². The van der Waals surface area contributed by atoms with E-state index in [-0.39, 0.29) is 6.04 Å². The van der Waals surface area contributed by atoms with E-state index in [1.165, 1.54) is 0 Å². The Morgan fingerprint density at radius 3 is 2.70 bits per heavy atom. The highest BCUT2D eigenvalue weighted by molar-refractivity contribution is 6.30. The fourth-order valence-corrected chi connectivity index (χ4v) is 3.38. The van der Waals surface area contributed by atoms with Crippen molar-refractivity contribution in [3.8, 4) is 0 Å². The molecule has 1 N–H and O–H groups in total. The van der Waals surface area contributed by atoms with Gasteiger partial charge in [0.05, 0.1) is 11.7 Å². The van der Waals surface area contributed by atoms with Gasteiger partial charge in [0.2, 0.25) is 0 Å². The van der Waals surface area contributed by atoms with Crippen LogP contribution in [-0.4, -0.2) is 33.5 Å². The highest BCUT2D eigenvalue weighted by atomic mass is 35.5. The molecule has 1 aromatic heterocycles. The molecule has 1 aromatic carbocycles. The average molecular weight is 331 g/mol. The fourth-order valence-electron chi connectivity index (χ4n) is 3.26. The van der Waals surface area contributed by atoms with Crippen molar-refractivity contribution < 1.29 is 9.90 Å². The van der Waals surface area contributed by atoms with E-state index >= 15 is 0 Å². The third-order valence-corrected chi connectivity index (χ3v) is 4.54. The Balaban J connectivity index is 2.06. The summed E-state index contributed by atoms with van der Waals surface area (Å²) in [7, 11) is 0. The van der Waals surface area contributed by atoms with Crippen LogP contribution in [0.25, 0.3) is 0 Å². The summed E-state index contributed by atoms with van der Waals surface area (Å²) in [6.07, 6.45) is 1.55. The van der Waals surface area contributed by atoms with Crippen molar-refractivity contribution >= 4 is 17.6 Å². The van der Waals surface area contributed by atoms with Crippen molar-refractivity contribution in [1.29, 1.82) is 0 Å². The van der Waals surface area contributed by atoms with E-state index in [4.69, 9.17) is 11.6 Å². The number of aromatic nitrogens is 1. The number of aryl methyl sites for hydroxylation is 1. The average Bonchev–Trinajstić information content (AvgIpc) is 2.99. The Kier molecular flexibility index (Phi) is 4.64. The first-order valence-corrected chi connectivity index (χ1v) is 8.11. The summed E-state index contributed by atoms with van der Waals surface area (Å²) < 4.78 is 0. The Morgan fingerprint density at radius 1 is 1.30 bits per heavy atom. The number of carboxylic acid groups (broad SMARTS) is 1. The third kappa shape index (κ3) is 3.38. The van der Waals surface area contributed by atoms with Gasteiger partial charge in [-0.1, -0.05) is 29.8 Å². The van der Waals surface area contributed by atoms with Gasteiger partial charge >= 0.3 is 5.97 Å². The molecule has 120 valence electrons. The van der Waals surface area contributed by atoms with E-state index < -0.39 is 12.0 Å². The maximum absolute atomic E-state index is 11.6. The lowest BCUT2D eigenvalue weighted by atomic mass is 10.00. The number of carbonyl (C=O) groups is 1. The third-order valence-electron chi connectivity index (χ3n) is 4.29. The van der Waals surface area contributed by atoms with Crippen molar-refractivity contribution in [2.75, 3.05) is 6.54 Å². The van der Waals surface area contributed by atoms with Crippen LogP contribution in [0.5, 0.6) is 0 Å². The number of carboxylic acids is 1. The molecule has 2 atom stereocenters. The van der Waals surface area contributed by atoms with E-state index in [0.717, 1.165) is 29.9 Å². The van der Waals surface area contributed by atoms with Gasteiger partial charge in [-0.3, -0.25) is 14.7 Å². The lowest BCUT2D eigenvalue weighted by molar-refractivity contribution is -0.142. The minimum atomic E-state index is -0.769. The van der Waals surface area contributed by atoms with Gasteiger partial charge < -0.3 is 5.11 Å². The molecule has 0 radical (unpaired) electrons. The minimum Gasteiger partial charge on any atom is -0.480 e. The topological polar surface area (TPSA) is 53.4 Å². The lowest BCUT2D eigenvalue weighted by Gasteiger charge is -2.31. The highest BCUT2D eigenvalue weighted by Gasteiger charge is 2.37. The van der Waals surface area contributed by atoms with Crippen LogP contribution in [0.2, 0.25) is 5.02 Å². The molecule has 0 spiro atoms. The molecule has 23 heavy (non-hydrogen) atoms. The van der Waals surface area contributed by atoms with Gasteiger partial charge in [-0.05, 0) is 49.6 Å². The number of aliphatic carboxylic acids is 1. The zero-order chi connectivity index (χ0) is 16.4. The van der Waals surface area contributed by atoms with Crippen molar-refractivity contribution in [3.05, 3.63) is 64.4 Å². The first-order valence-electron chi connectivity index (χ1n) is 7.74. The molecule has 1 aliphatic heterocycles. The van der Waals surface area contributed by atoms with Gasteiger partial charge in [-0.25, -0.2) is 0 Å². The molecule has 1 aliphatic rings. The van der Waals surface area contributed by atoms with Gasteiger partial charge in [-0.2, -0.15) is 0 Å². The van der Waals surface area contributed by atoms with E-state index in [1.807, 2.05) is 54.3 Å². The molecule has 0 aliphatic carbocycles. The molecular weight excluding hydrogens is 312 g/mol. The summed E-state index contributed by atoms with van der Waals surface area (Å²) in [5.74, 6) is -0.769. The second-order valence-electron chi connectivity index (χ2n) is 5.89. The molecule has 1 fully saturated rings. The second-order valence-corrected chi connectivity index (χ2v) is 6.33. The van der Waals surface area contributed by atoms with E-state index in [0.29, 0.717) is 11.4 Å². The number of hydrogen-bond acceptors (Lipinski definition) is 3. The molecule has 0 bridgehead atoms. The van der Waals surface area contributed by atoms with E-state index in [2.05, 4.69) is 4.98 Å². The molecule has 0 saturated carbocycles. The summed E-state index contributed by atoms with van der Waals surface area (Å²) in [5, 5.41) is 10.2. The van der Waals surface area contributed by atoms with E-state index in [1.54, 1.807) is 0 Å². The number of benzene rings is 1. The van der Waals surface area contributed by atoms with Gasteiger partial charge in [0.15, 0.2) is 0 Å². The SMILES string of the molecule is Cc1cccc(C(c2ccc(Cl)cc2)N2CCCC2C(=O)O)n1. The summed E-state index contributed by atoms with van der Waals surface area (Å²) in [5.41, 5.74) is 2.81. The van der Waals surface area contributed by atoms with Crippen molar-refractivity contribution in [2.24, 2.45) is 0 Å². The van der Waals surface area contributed by atoms with Crippen LogP contribution in [-0.2, 0) is 4.79 Å². The van der Waals surface area contributed by atoms with Gasteiger partial charge in [-0.15, -0.1) is 0 Å². The predicted molar refractivity (Wildman–Crippen MR) is 89.6 cm³/mol. The first-order chi connectivity index (χ1) is 11.1. The zero-order valence-electron chi connectivity index (χ0n) is 12.9. The smallest absolute Gasteiger partial charge is 0.320 e. The van der Waals surface area contributed by atoms with Crippen LogP contribution in [0.3, 0.4) is 0 Å². The monoisotopic (exact) mass is 330 g/mol. The molecular formula is C18H19ClN2O2. The first kappa shape index (κ1) is 16.0. The Bertz CT molecular complexity index is 702. The molecule has 1 saturated heterocycles. The van der Waals surface area contributed by atoms with E-state index in [9.17, 15) is 9.90 Å². The zero-order valence-corrected chi connectivity index (χ0v) is 13.7. The molecule has 0 amide bonds. The summed E-state index contributed by atoms with van der Waals surface area (Å²) >= 11 is 6.00. The summed E-state index contributed by atoms with van der Waals surface area (Å²) in [4.78, 5) is 18.3. The van der Waals surface area contributed by atoms with Crippen LogP contribution < -0.4 is 0 Å². The Hall–Kier alpha value is -1.91. The highest BCUT2D eigenvalue weighted by Crippen LogP contribution is 2.34. The standard InChI is InChI=1S/C18H19ClN2O2/c1-12-4-2-5-15(20-12)17(13-7-9-14(19)10-8-13)21-11-3-6-16(21)18(22)23/h2,4-5,7-10,16-17H,3,6,11H2,1H3,(H,22,23). The maximum Gasteiger partial charge on any atom is 0.320 e.